The molecule has 0 aromatic carbocycles. The van der Waals surface area contributed by atoms with Crippen LogP contribution < -0.4 is 0 Å². The lowest BCUT2D eigenvalue weighted by atomic mass is 10.4. The van der Waals surface area contributed by atoms with Gasteiger partial charge < -0.3 is 8.83 Å². The van der Waals surface area contributed by atoms with E-state index in [4.69, 9.17) is 32.0 Å². The van der Waals surface area contributed by atoms with E-state index in [0.29, 0.717) is 22.6 Å². The van der Waals surface area contributed by atoms with E-state index < -0.39 is 0 Å². The van der Waals surface area contributed by atoms with Gasteiger partial charge in [0.25, 0.3) is 0 Å². The molecule has 74 valence electrons. The monoisotopic (exact) mass is 231 g/mol. The topological polar surface area (TPSA) is 39.2 Å². The van der Waals surface area contributed by atoms with Gasteiger partial charge in [-0.05, 0) is 30.7 Å². The van der Waals surface area contributed by atoms with Crippen molar-refractivity contribution in [2.24, 2.45) is 0 Å². The normalized spacial score (nSPS) is 13.1. The maximum absolute atomic E-state index is 5.80. The molecule has 1 atom stereocenters. The van der Waals surface area contributed by atoms with Gasteiger partial charge in [-0.2, -0.15) is 0 Å². The molecule has 0 bridgehead atoms. The van der Waals surface area contributed by atoms with E-state index in [1.54, 1.807) is 25.3 Å². The molecule has 0 aliphatic rings. The van der Waals surface area contributed by atoms with Crippen molar-refractivity contribution in [3.05, 3.63) is 29.4 Å². The number of nitrogens with zero attached hydrogens (tertiary/aromatic N) is 1. The average molecular weight is 232 g/mol. The largest absolute Gasteiger partial charge is 0.441 e. The van der Waals surface area contributed by atoms with Crippen LogP contribution in [0.3, 0.4) is 0 Å². The van der Waals surface area contributed by atoms with Crippen molar-refractivity contribution in [2.45, 2.75) is 12.3 Å². The van der Waals surface area contributed by atoms with Crippen LogP contribution in [0.15, 0.2) is 27.2 Å². The van der Waals surface area contributed by atoms with E-state index in [9.17, 15) is 0 Å². The lowest BCUT2D eigenvalue weighted by Gasteiger charge is -1.93. The summed E-state index contributed by atoms with van der Waals surface area (Å²) in [4.78, 5) is 4.00. The highest BCUT2D eigenvalue weighted by molar-refractivity contribution is 6.28. The SMILES string of the molecule is CC(Cl)c1ncc(-c2ccc(Cl)o2)o1. The summed E-state index contributed by atoms with van der Waals surface area (Å²) in [5.74, 6) is 1.54. The van der Waals surface area contributed by atoms with Crippen molar-refractivity contribution in [2.75, 3.05) is 0 Å². The summed E-state index contributed by atoms with van der Waals surface area (Å²) >= 11 is 11.4. The van der Waals surface area contributed by atoms with Crippen molar-refractivity contribution in [3.63, 3.8) is 0 Å². The van der Waals surface area contributed by atoms with E-state index in [2.05, 4.69) is 4.98 Å². The summed E-state index contributed by atoms with van der Waals surface area (Å²) in [5, 5.41) is 0.0612. The molecule has 1 unspecified atom stereocenters. The van der Waals surface area contributed by atoms with Crippen LogP contribution >= 0.6 is 23.2 Å². The van der Waals surface area contributed by atoms with Gasteiger partial charge in [0.2, 0.25) is 5.89 Å². The predicted molar refractivity (Wildman–Crippen MR) is 53.5 cm³/mol. The highest BCUT2D eigenvalue weighted by Gasteiger charge is 2.12. The van der Waals surface area contributed by atoms with E-state index in [1.807, 2.05) is 0 Å². The van der Waals surface area contributed by atoms with Gasteiger partial charge in [-0.1, -0.05) is 0 Å². The van der Waals surface area contributed by atoms with E-state index in [1.165, 1.54) is 0 Å². The van der Waals surface area contributed by atoms with Crippen molar-refractivity contribution in [1.82, 2.24) is 4.98 Å². The molecule has 3 nitrogen and oxygen atoms in total. The van der Waals surface area contributed by atoms with Crippen molar-refractivity contribution < 1.29 is 8.83 Å². The number of aromatic nitrogens is 1. The third-order valence-electron chi connectivity index (χ3n) is 1.68. The molecule has 2 rings (SSSR count). The molecule has 0 fully saturated rings. The zero-order valence-corrected chi connectivity index (χ0v) is 8.84. The maximum Gasteiger partial charge on any atom is 0.212 e. The second kappa shape index (κ2) is 3.67. The minimum atomic E-state index is -0.255. The third kappa shape index (κ3) is 1.79. The van der Waals surface area contributed by atoms with Gasteiger partial charge in [-0.15, -0.1) is 11.6 Å². The number of alkyl halides is 1. The Labute approximate surface area is 90.6 Å². The summed E-state index contributed by atoms with van der Waals surface area (Å²) < 4.78 is 10.5. The maximum atomic E-state index is 5.80. The van der Waals surface area contributed by atoms with Gasteiger partial charge in [-0.3, -0.25) is 0 Å². The quantitative estimate of drug-likeness (QED) is 0.737. The lowest BCUT2D eigenvalue weighted by molar-refractivity contribution is 0.483. The van der Waals surface area contributed by atoms with Crippen LogP contribution in [-0.4, -0.2) is 4.98 Å². The number of hydrogen-bond donors (Lipinski definition) is 0. The van der Waals surface area contributed by atoms with Crippen LogP contribution in [0, 0.1) is 0 Å². The molecule has 2 aromatic heterocycles. The molecular weight excluding hydrogens is 225 g/mol. The Hall–Kier alpha value is -0.930. The Morgan fingerprint density at radius 3 is 2.57 bits per heavy atom. The molecule has 0 radical (unpaired) electrons. The highest BCUT2D eigenvalue weighted by Crippen LogP contribution is 2.28. The second-order valence-electron chi connectivity index (χ2n) is 2.78. The lowest BCUT2D eigenvalue weighted by Crippen LogP contribution is -1.80. The predicted octanol–water partition coefficient (Wildman–Crippen LogP) is 3.89. The summed E-state index contributed by atoms with van der Waals surface area (Å²) in [5.41, 5.74) is 0. The molecule has 0 aliphatic carbocycles. The van der Waals surface area contributed by atoms with Crippen molar-refractivity contribution >= 4 is 23.2 Å². The van der Waals surface area contributed by atoms with Crippen LogP contribution in [0.5, 0.6) is 0 Å². The summed E-state index contributed by atoms with van der Waals surface area (Å²) in [6.45, 7) is 1.78. The second-order valence-corrected chi connectivity index (χ2v) is 3.81. The molecule has 0 saturated heterocycles. The first kappa shape index (κ1) is 9.62. The van der Waals surface area contributed by atoms with Crippen LogP contribution in [0.1, 0.15) is 18.2 Å². The first-order valence-electron chi connectivity index (χ1n) is 4.02. The standard InChI is InChI=1S/C9H7Cl2NO2/c1-5(10)9-12-4-7(14-9)6-2-3-8(11)13-6/h2-5H,1H3. The summed E-state index contributed by atoms with van der Waals surface area (Å²) in [6, 6.07) is 3.36. The Morgan fingerprint density at radius 2 is 2.07 bits per heavy atom. The van der Waals surface area contributed by atoms with Gasteiger partial charge in [0, 0.05) is 0 Å². The van der Waals surface area contributed by atoms with Crippen molar-refractivity contribution in [1.29, 1.82) is 0 Å². The molecule has 14 heavy (non-hydrogen) atoms. The van der Waals surface area contributed by atoms with Crippen LogP contribution in [-0.2, 0) is 0 Å². The van der Waals surface area contributed by atoms with Gasteiger partial charge in [0.15, 0.2) is 16.7 Å². The van der Waals surface area contributed by atoms with Crippen LogP contribution in [0.4, 0.5) is 0 Å². The number of furan rings is 1. The smallest absolute Gasteiger partial charge is 0.212 e. The summed E-state index contributed by atoms with van der Waals surface area (Å²) in [6.07, 6.45) is 1.56. The Kier molecular flexibility index (Phi) is 2.52. The first-order chi connectivity index (χ1) is 6.66. The molecule has 0 spiro atoms. The van der Waals surface area contributed by atoms with Gasteiger partial charge >= 0.3 is 0 Å². The number of rotatable bonds is 2. The fourth-order valence-corrected chi connectivity index (χ4v) is 1.28. The molecule has 2 heterocycles. The Bertz CT molecular complexity index is 433. The van der Waals surface area contributed by atoms with Crippen LogP contribution in [0.2, 0.25) is 5.22 Å². The van der Waals surface area contributed by atoms with E-state index in [0.717, 1.165) is 0 Å². The van der Waals surface area contributed by atoms with E-state index in [-0.39, 0.29) is 5.38 Å². The first-order valence-corrected chi connectivity index (χ1v) is 4.84. The molecule has 5 heteroatoms. The fraction of sp³-hybridized carbons (Fsp3) is 0.222. The third-order valence-corrected chi connectivity index (χ3v) is 2.07. The minimum Gasteiger partial charge on any atom is -0.441 e. The molecule has 0 N–H and O–H groups in total. The zero-order chi connectivity index (χ0) is 10.1. The van der Waals surface area contributed by atoms with Gasteiger partial charge in [-0.25, -0.2) is 4.98 Å². The zero-order valence-electron chi connectivity index (χ0n) is 7.33. The van der Waals surface area contributed by atoms with Gasteiger partial charge in [0.05, 0.1) is 6.20 Å². The number of halogens is 2. The van der Waals surface area contributed by atoms with E-state index >= 15 is 0 Å². The van der Waals surface area contributed by atoms with Crippen molar-refractivity contribution in [3.8, 4) is 11.5 Å². The molecular formula is C9H7Cl2NO2. The number of hydrogen-bond acceptors (Lipinski definition) is 3. The molecule has 0 saturated carbocycles. The average Bonchev–Trinajstić information content (AvgIpc) is 2.70. The fourth-order valence-electron chi connectivity index (χ4n) is 1.03. The Balaban J connectivity index is 2.33. The molecule has 2 aromatic rings. The Morgan fingerprint density at radius 1 is 1.29 bits per heavy atom. The highest BCUT2D eigenvalue weighted by atomic mass is 35.5. The molecule has 0 aliphatic heterocycles. The summed E-state index contributed by atoms with van der Waals surface area (Å²) in [7, 11) is 0. The van der Waals surface area contributed by atoms with Crippen LogP contribution in [0.25, 0.3) is 11.5 Å². The molecule has 0 amide bonds. The number of oxazole rings is 1. The van der Waals surface area contributed by atoms with Gasteiger partial charge in [0.1, 0.15) is 5.38 Å². The minimum absolute atomic E-state index is 0.255.